The lowest BCUT2D eigenvalue weighted by Gasteiger charge is -2.12. The average molecular weight is 122 g/mol. The normalized spacial score (nSPS) is 15.5. The topological polar surface area (TPSA) is 20.2 Å². The summed E-state index contributed by atoms with van der Waals surface area (Å²) < 4.78 is 23.6. The number of hydrogen-bond donors (Lipinski definition) is 1. The van der Waals surface area contributed by atoms with Gasteiger partial charge in [0.15, 0.2) is 0 Å². The van der Waals surface area contributed by atoms with Gasteiger partial charge in [-0.05, 0) is 0 Å². The summed E-state index contributed by atoms with van der Waals surface area (Å²) in [5, 5.41) is 8.33. The van der Waals surface area contributed by atoms with Gasteiger partial charge in [0.1, 0.15) is 6.10 Å². The summed E-state index contributed by atoms with van der Waals surface area (Å²) in [4.78, 5) is 0. The summed E-state index contributed by atoms with van der Waals surface area (Å²) in [7, 11) is 0. The minimum atomic E-state index is -3.05. The third-order valence-electron chi connectivity index (χ3n) is 0.743. The molecule has 0 amide bonds. The highest BCUT2D eigenvalue weighted by atomic mass is 19.3. The average Bonchev–Trinajstić information content (AvgIpc) is 1.62. The summed E-state index contributed by atoms with van der Waals surface area (Å²) in [5.41, 5.74) is 0. The minimum absolute atomic E-state index is 0.638. The summed E-state index contributed by atoms with van der Waals surface area (Å²) in [5.74, 6) is -3.05. The lowest BCUT2D eigenvalue weighted by molar-refractivity contribution is -0.0700. The van der Waals surface area contributed by atoms with Crippen LogP contribution in [0.4, 0.5) is 8.78 Å². The third-order valence-corrected chi connectivity index (χ3v) is 0.743. The van der Waals surface area contributed by atoms with Gasteiger partial charge in [0.2, 0.25) is 0 Å². The molecule has 0 saturated heterocycles. The molecule has 0 aliphatic heterocycles. The standard InChI is InChI=1S/C5H8F2O/c1-3-4(8)5(2,6)7/h3-4,8H,1H2,2H3/t4-/m1/s1. The van der Waals surface area contributed by atoms with Gasteiger partial charge in [-0.1, -0.05) is 6.08 Å². The van der Waals surface area contributed by atoms with Crippen LogP contribution in [0.15, 0.2) is 12.7 Å². The van der Waals surface area contributed by atoms with Crippen molar-refractivity contribution in [3.8, 4) is 0 Å². The number of hydrogen-bond acceptors (Lipinski definition) is 1. The van der Waals surface area contributed by atoms with Crippen LogP contribution in [0.3, 0.4) is 0 Å². The highest BCUT2D eigenvalue weighted by Gasteiger charge is 2.29. The predicted octanol–water partition coefficient (Wildman–Crippen LogP) is 1.19. The molecule has 0 fully saturated rings. The molecule has 0 aromatic heterocycles. The highest BCUT2D eigenvalue weighted by molar-refractivity contribution is 4.86. The summed E-state index contributed by atoms with van der Waals surface area (Å²) >= 11 is 0. The fourth-order valence-corrected chi connectivity index (χ4v) is 0.207. The number of rotatable bonds is 2. The molecule has 0 heterocycles. The monoisotopic (exact) mass is 122 g/mol. The summed E-state index contributed by atoms with van der Waals surface area (Å²) in [6.07, 6.45) is -0.914. The molecule has 1 N–H and O–H groups in total. The fraction of sp³-hybridized carbons (Fsp3) is 0.600. The number of alkyl halides is 2. The number of aliphatic hydroxyl groups excluding tert-OH is 1. The van der Waals surface area contributed by atoms with Gasteiger partial charge in [-0.15, -0.1) is 6.58 Å². The minimum Gasteiger partial charge on any atom is -0.383 e. The zero-order valence-electron chi connectivity index (χ0n) is 4.56. The SMILES string of the molecule is C=C[C@@H](O)C(C)(F)F. The Morgan fingerprint density at radius 1 is 1.75 bits per heavy atom. The predicted molar refractivity (Wildman–Crippen MR) is 26.8 cm³/mol. The Morgan fingerprint density at radius 3 is 2.12 bits per heavy atom. The molecule has 0 aromatic rings. The fourth-order valence-electron chi connectivity index (χ4n) is 0.207. The Morgan fingerprint density at radius 2 is 2.12 bits per heavy atom. The van der Waals surface area contributed by atoms with Crippen molar-refractivity contribution in [3.63, 3.8) is 0 Å². The van der Waals surface area contributed by atoms with Crippen LogP contribution in [0.1, 0.15) is 6.92 Å². The van der Waals surface area contributed by atoms with E-state index in [9.17, 15) is 8.78 Å². The second-order valence-corrected chi connectivity index (χ2v) is 1.64. The van der Waals surface area contributed by atoms with E-state index < -0.39 is 12.0 Å². The second-order valence-electron chi connectivity index (χ2n) is 1.64. The van der Waals surface area contributed by atoms with Crippen LogP contribution < -0.4 is 0 Å². The van der Waals surface area contributed by atoms with E-state index in [0.29, 0.717) is 6.92 Å². The first-order valence-corrected chi connectivity index (χ1v) is 2.17. The van der Waals surface area contributed by atoms with Crippen LogP contribution in [0.2, 0.25) is 0 Å². The largest absolute Gasteiger partial charge is 0.383 e. The van der Waals surface area contributed by atoms with E-state index in [1.165, 1.54) is 0 Å². The Hall–Kier alpha value is -0.440. The first-order chi connectivity index (χ1) is 3.48. The van der Waals surface area contributed by atoms with E-state index in [4.69, 9.17) is 5.11 Å². The van der Waals surface area contributed by atoms with E-state index in [0.717, 1.165) is 6.08 Å². The van der Waals surface area contributed by atoms with Crippen molar-refractivity contribution < 1.29 is 13.9 Å². The Balaban J connectivity index is 3.80. The van der Waals surface area contributed by atoms with Crippen LogP contribution in [-0.4, -0.2) is 17.1 Å². The molecule has 3 heteroatoms. The molecule has 0 aliphatic carbocycles. The molecule has 48 valence electrons. The summed E-state index contributed by atoms with van der Waals surface area (Å²) in [6, 6.07) is 0. The number of aliphatic hydroxyl groups is 1. The first kappa shape index (κ1) is 7.56. The van der Waals surface area contributed by atoms with Crippen molar-refractivity contribution in [2.45, 2.75) is 19.0 Å². The Labute approximate surface area is 46.6 Å². The molecule has 0 aliphatic rings. The molecule has 1 nitrogen and oxygen atoms in total. The van der Waals surface area contributed by atoms with Crippen LogP contribution >= 0.6 is 0 Å². The molecule has 0 unspecified atom stereocenters. The Kier molecular flexibility index (Phi) is 2.10. The lowest BCUT2D eigenvalue weighted by Crippen LogP contribution is -2.27. The third kappa shape index (κ3) is 2.02. The maximum absolute atomic E-state index is 11.8. The molecule has 1 atom stereocenters. The maximum atomic E-state index is 11.8. The molecule has 0 bridgehead atoms. The van der Waals surface area contributed by atoms with Crippen molar-refractivity contribution in [3.05, 3.63) is 12.7 Å². The van der Waals surface area contributed by atoms with Crippen molar-refractivity contribution in [2.75, 3.05) is 0 Å². The number of halogens is 2. The second kappa shape index (κ2) is 2.22. The van der Waals surface area contributed by atoms with Gasteiger partial charge < -0.3 is 5.11 Å². The van der Waals surface area contributed by atoms with E-state index in [1.54, 1.807) is 0 Å². The van der Waals surface area contributed by atoms with Crippen molar-refractivity contribution in [1.82, 2.24) is 0 Å². The van der Waals surface area contributed by atoms with Gasteiger partial charge in [0.25, 0.3) is 5.92 Å². The highest BCUT2D eigenvalue weighted by Crippen LogP contribution is 2.16. The van der Waals surface area contributed by atoms with Crippen LogP contribution in [0.25, 0.3) is 0 Å². The van der Waals surface area contributed by atoms with Crippen molar-refractivity contribution >= 4 is 0 Å². The lowest BCUT2D eigenvalue weighted by atomic mass is 10.2. The molecular formula is C5H8F2O. The quantitative estimate of drug-likeness (QED) is 0.545. The molecule has 0 aromatic carbocycles. The van der Waals surface area contributed by atoms with Gasteiger partial charge in [-0.2, -0.15) is 0 Å². The van der Waals surface area contributed by atoms with E-state index >= 15 is 0 Å². The zero-order chi connectivity index (χ0) is 6.78. The Bertz CT molecular complexity index is 84.9. The van der Waals surface area contributed by atoms with Gasteiger partial charge in [-0.3, -0.25) is 0 Å². The van der Waals surface area contributed by atoms with Gasteiger partial charge in [0.05, 0.1) is 0 Å². The zero-order valence-corrected chi connectivity index (χ0v) is 4.56. The molecular weight excluding hydrogens is 114 g/mol. The van der Waals surface area contributed by atoms with Crippen molar-refractivity contribution in [2.24, 2.45) is 0 Å². The molecule has 0 spiro atoms. The molecule has 0 radical (unpaired) electrons. The van der Waals surface area contributed by atoms with Crippen LogP contribution in [0.5, 0.6) is 0 Å². The summed E-state index contributed by atoms with van der Waals surface area (Å²) in [6.45, 7) is 3.64. The van der Waals surface area contributed by atoms with E-state index in [2.05, 4.69) is 6.58 Å². The van der Waals surface area contributed by atoms with Crippen LogP contribution in [-0.2, 0) is 0 Å². The van der Waals surface area contributed by atoms with E-state index in [-0.39, 0.29) is 0 Å². The molecule has 0 saturated carbocycles. The maximum Gasteiger partial charge on any atom is 0.274 e. The van der Waals surface area contributed by atoms with Crippen LogP contribution in [0, 0.1) is 0 Å². The van der Waals surface area contributed by atoms with Gasteiger partial charge in [-0.25, -0.2) is 8.78 Å². The van der Waals surface area contributed by atoms with Gasteiger partial charge in [0, 0.05) is 6.92 Å². The van der Waals surface area contributed by atoms with Crippen molar-refractivity contribution in [1.29, 1.82) is 0 Å². The smallest absolute Gasteiger partial charge is 0.274 e. The van der Waals surface area contributed by atoms with E-state index in [1.807, 2.05) is 0 Å². The molecule has 8 heavy (non-hydrogen) atoms. The van der Waals surface area contributed by atoms with Gasteiger partial charge >= 0.3 is 0 Å². The first-order valence-electron chi connectivity index (χ1n) is 2.17. The molecule has 0 rings (SSSR count).